The first kappa shape index (κ1) is 15.3. The van der Waals surface area contributed by atoms with E-state index in [0.29, 0.717) is 26.6 Å². The van der Waals surface area contributed by atoms with Crippen molar-refractivity contribution in [3.8, 4) is 17.1 Å². The summed E-state index contributed by atoms with van der Waals surface area (Å²) in [4.78, 5) is 4.58. The first-order chi connectivity index (χ1) is 10.6. The van der Waals surface area contributed by atoms with Gasteiger partial charge in [-0.1, -0.05) is 72.1 Å². The Morgan fingerprint density at radius 1 is 1.00 bits per heavy atom. The zero-order chi connectivity index (χ0) is 15.7. The normalized spacial score (nSPS) is 10.9. The third kappa shape index (κ3) is 2.84. The highest BCUT2D eigenvalue weighted by Crippen LogP contribution is 2.34. The van der Waals surface area contributed by atoms with Gasteiger partial charge in [0.25, 0.3) is 0 Å². The van der Waals surface area contributed by atoms with Crippen LogP contribution in [0.3, 0.4) is 0 Å². The lowest BCUT2D eigenvalue weighted by molar-refractivity contribution is 0.844. The molecule has 1 aromatic heterocycles. The van der Waals surface area contributed by atoms with E-state index in [1.165, 1.54) is 0 Å². The average Bonchev–Trinajstić information content (AvgIpc) is 2.91. The fourth-order valence-electron chi connectivity index (χ4n) is 2.17. The van der Waals surface area contributed by atoms with Crippen LogP contribution in [0.1, 0.15) is 12.7 Å². The molecule has 2 aromatic carbocycles. The molecule has 0 spiro atoms. The van der Waals surface area contributed by atoms with E-state index in [9.17, 15) is 0 Å². The zero-order valence-corrected chi connectivity index (χ0v) is 14.0. The highest BCUT2D eigenvalue weighted by molar-refractivity contribution is 6.40. The van der Waals surface area contributed by atoms with Gasteiger partial charge in [-0.3, -0.25) is 0 Å². The van der Waals surface area contributed by atoms with E-state index in [2.05, 4.69) is 10.1 Å². The van der Waals surface area contributed by atoms with E-state index in [0.717, 1.165) is 17.8 Å². The summed E-state index contributed by atoms with van der Waals surface area (Å²) in [6.07, 6.45) is 0.718. The summed E-state index contributed by atoms with van der Waals surface area (Å²) < 4.78 is 1.68. The Labute approximate surface area is 143 Å². The molecule has 22 heavy (non-hydrogen) atoms. The molecule has 0 unspecified atom stereocenters. The van der Waals surface area contributed by atoms with Crippen molar-refractivity contribution in [2.45, 2.75) is 13.3 Å². The Morgan fingerprint density at radius 3 is 2.23 bits per heavy atom. The van der Waals surface area contributed by atoms with Gasteiger partial charge in [0.2, 0.25) is 0 Å². The van der Waals surface area contributed by atoms with Crippen molar-refractivity contribution in [1.29, 1.82) is 0 Å². The minimum absolute atomic E-state index is 0.433. The van der Waals surface area contributed by atoms with Gasteiger partial charge in [-0.2, -0.15) is 5.10 Å². The van der Waals surface area contributed by atoms with Gasteiger partial charge in [0.15, 0.2) is 11.6 Å². The van der Waals surface area contributed by atoms with E-state index >= 15 is 0 Å². The summed E-state index contributed by atoms with van der Waals surface area (Å²) in [6, 6.07) is 13.1. The van der Waals surface area contributed by atoms with Gasteiger partial charge in [-0.15, -0.1) is 0 Å². The van der Waals surface area contributed by atoms with E-state index < -0.39 is 0 Å². The molecule has 6 heteroatoms. The summed E-state index contributed by atoms with van der Waals surface area (Å²) in [7, 11) is 0. The number of rotatable bonds is 3. The molecule has 0 amide bonds. The van der Waals surface area contributed by atoms with Crippen molar-refractivity contribution in [2.24, 2.45) is 0 Å². The molecular weight excluding hydrogens is 341 g/mol. The molecular formula is C16H12Cl3N3. The molecule has 3 rings (SSSR count). The molecule has 112 valence electrons. The molecule has 1 heterocycles. The minimum Gasteiger partial charge on any atom is -0.211 e. The number of aromatic nitrogens is 3. The molecule has 0 radical (unpaired) electrons. The lowest BCUT2D eigenvalue weighted by atomic mass is 10.2. The van der Waals surface area contributed by atoms with Gasteiger partial charge >= 0.3 is 0 Å². The predicted octanol–water partition coefficient (Wildman–Crippen LogP) is 5.46. The molecule has 3 aromatic rings. The smallest absolute Gasteiger partial charge is 0.163 e. The van der Waals surface area contributed by atoms with Crippen molar-refractivity contribution in [2.75, 3.05) is 0 Å². The third-order valence-corrected chi connectivity index (χ3v) is 3.99. The van der Waals surface area contributed by atoms with E-state index in [4.69, 9.17) is 34.8 Å². The van der Waals surface area contributed by atoms with Gasteiger partial charge in [-0.25, -0.2) is 9.67 Å². The molecule has 0 saturated heterocycles. The minimum atomic E-state index is 0.433. The highest BCUT2D eigenvalue weighted by Gasteiger charge is 2.18. The Balaban J connectivity index is 2.26. The lowest BCUT2D eigenvalue weighted by Gasteiger charge is -2.10. The molecule has 0 N–H and O–H groups in total. The Morgan fingerprint density at radius 2 is 1.64 bits per heavy atom. The van der Waals surface area contributed by atoms with E-state index in [-0.39, 0.29) is 0 Å². The van der Waals surface area contributed by atoms with Gasteiger partial charge in [0.05, 0.1) is 10.0 Å². The molecule has 0 bridgehead atoms. The van der Waals surface area contributed by atoms with Crippen LogP contribution in [-0.2, 0) is 6.42 Å². The van der Waals surface area contributed by atoms with Crippen LogP contribution in [0.2, 0.25) is 15.1 Å². The van der Waals surface area contributed by atoms with Crippen LogP contribution < -0.4 is 0 Å². The zero-order valence-electron chi connectivity index (χ0n) is 11.7. The second-order valence-electron chi connectivity index (χ2n) is 4.70. The van der Waals surface area contributed by atoms with Crippen molar-refractivity contribution in [1.82, 2.24) is 14.8 Å². The summed E-state index contributed by atoms with van der Waals surface area (Å²) in [6.45, 7) is 2.00. The van der Waals surface area contributed by atoms with Gasteiger partial charge in [0.1, 0.15) is 5.69 Å². The maximum Gasteiger partial charge on any atom is 0.163 e. The number of hydrogen-bond acceptors (Lipinski definition) is 2. The van der Waals surface area contributed by atoms with Crippen LogP contribution in [0.25, 0.3) is 17.1 Å². The van der Waals surface area contributed by atoms with Crippen LogP contribution in [0.5, 0.6) is 0 Å². The topological polar surface area (TPSA) is 30.7 Å². The molecule has 0 aliphatic rings. The Hall–Kier alpha value is -1.55. The van der Waals surface area contributed by atoms with Crippen molar-refractivity contribution in [3.63, 3.8) is 0 Å². The van der Waals surface area contributed by atoms with Crippen LogP contribution >= 0.6 is 34.8 Å². The van der Waals surface area contributed by atoms with Crippen LogP contribution in [-0.4, -0.2) is 14.8 Å². The predicted molar refractivity (Wildman–Crippen MR) is 91.2 cm³/mol. The van der Waals surface area contributed by atoms with Crippen LogP contribution in [0.15, 0.2) is 42.5 Å². The first-order valence-corrected chi connectivity index (χ1v) is 7.89. The fourth-order valence-corrected chi connectivity index (χ4v) is 3.15. The number of halogens is 3. The number of nitrogens with zero attached hydrogens (tertiary/aromatic N) is 3. The van der Waals surface area contributed by atoms with E-state index in [1.54, 1.807) is 16.8 Å². The Kier molecular flexibility index (Phi) is 4.39. The Bertz CT molecular complexity index is 790. The van der Waals surface area contributed by atoms with Crippen LogP contribution in [0, 0.1) is 0 Å². The molecule has 0 atom stereocenters. The maximum absolute atomic E-state index is 6.32. The molecule has 3 nitrogen and oxygen atoms in total. The SMILES string of the molecule is CCc1nc(-c2ccccc2)n(-c2c(Cl)cc(Cl)cc2Cl)n1. The third-order valence-electron chi connectivity index (χ3n) is 3.19. The van der Waals surface area contributed by atoms with Crippen molar-refractivity contribution in [3.05, 3.63) is 63.4 Å². The largest absolute Gasteiger partial charge is 0.211 e. The molecule has 0 aliphatic heterocycles. The number of benzene rings is 2. The quantitative estimate of drug-likeness (QED) is 0.627. The van der Waals surface area contributed by atoms with Gasteiger partial charge in [0, 0.05) is 17.0 Å². The second kappa shape index (κ2) is 6.29. The van der Waals surface area contributed by atoms with Crippen LogP contribution in [0.4, 0.5) is 0 Å². The standard InChI is InChI=1S/C16H12Cl3N3/c1-2-14-20-16(10-6-4-3-5-7-10)22(21-14)15-12(18)8-11(17)9-13(15)19/h3-9H,2H2,1H3. The molecule has 0 aliphatic carbocycles. The first-order valence-electron chi connectivity index (χ1n) is 6.76. The van der Waals surface area contributed by atoms with Crippen molar-refractivity contribution < 1.29 is 0 Å². The van der Waals surface area contributed by atoms with Gasteiger partial charge in [-0.05, 0) is 12.1 Å². The fraction of sp³-hybridized carbons (Fsp3) is 0.125. The number of hydrogen-bond donors (Lipinski definition) is 0. The van der Waals surface area contributed by atoms with Crippen molar-refractivity contribution >= 4 is 34.8 Å². The summed E-state index contributed by atoms with van der Waals surface area (Å²) in [5.74, 6) is 1.42. The van der Waals surface area contributed by atoms with E-state index in [1.807, 2.05) is 37.3 Å². The highest BCUT2D eigenvalue weighted by atomic mass is 35.5. The summed E-state index contributed by atoms with van der Waals surface area (Å²) in [5.41, 5.74) is 1.52. The molecule has 0 saturated carbocycles. The second-order valence-corrected chi connectivity index (χ2v) is 5.95. The summed E-state index contributed by atoms with van der Waals surface area (Å²) >= 11 is 18.6. The molecule has 0 fully saturated rings. The van der Waals surface area contributed by atoms with Gasteiger partial charge < -0.3 is 0 Å². The lowest BCUT2D eigenvalue weighted by Crippen LogP contribution is -2.02. The number of aryl methyl sites for hydroxylation is 1. The maximum atomic E-state index is 6.32. The average molecular weight is 353 g/mol. The monoisotopic (exact) mass is 351 g/mol. The summed E-state index contributed by atoms with van der Waals surface area (Å²) in [5, 5.41) is 5.87.